The molecule has 11 N–H and O–H groups in total. The molecule has 9 heavy (non-hydrogen) atoms. The molecule has 0 saturated carbocycles. The van der Waals surface area contributed by atoms with Gasteiger partial charge in [-0.3, -0.25) is 0 Å². The second-order valence-electron chi connectivity index (χ2n) is 0.346. The van der Waals surface area contributed by atoms with Gasteiger partial charge in [-0.25, -0.2) is 0 Å². The zero-order valence-corrected chi connectivity index (χ0v) is 5.98. The molecule has 0 aromatic rings. The summed E-state index contributed by atoms with van der Waals surface area (Å²) in [5, 5.41) is 21.5. The van der Waals surface area contributed by atoms with Gasteiger partial charge in [-0.05, 0) is 0 Å². The molecule has 0 aromatic heterocycles. The summed E-state index contributed by atoms with van der Waals surface area (Å²) in [5.41, 5.74) is 0. The number of hydrogen-bond acceptors (Lipinski definition) is 3. The van der Waals surface area contributed by atoms with Crippen molar-refractivity contribution in [1.29, 1.82) is 0 Å². The standard InChI is InChI=1S/BH3O3.4H2O.Ti/c2-1(3)4;;;;;/h2-4H;4*1H2;. The summed E-state index contributed by atoms with van der Waals surface area (Å²) in [6, 6.07) is 0. The predicted molar refractivity (Wildman–Crippen MR) is 26.9 cm³/mol. The molecule has 0 radical (unpaired) electrons. The van der Waals surface area contributed by atoms with Gasteiger partial charge in [-0.2, -0.15) is 0 Å². The largest absolute Gasteiger partial charge is 0.631 e. The second-order valence-corrected chi connectivity index (χ2v) is 0.346. The Balaban J connectivity index is -0.00000000450. The molecule has 0 unspecified atom stereocenters. The van der Waals surface area contributed by atoms with E-state index >= 15 is 0 Å². The summed E-state index contributed by atoms with van der Waals surface area (Å²) < 4.78 is 0. The van der Waals surface area contributed by atoms with Crippen molar-refractivity contribution < 1.29 is 58.7 Å². The molecule has 0 amide bonds. The Kier molecular flexibility index (Phi) is 243. The van der Waals surface area contributed by atoms with Gasteiger partial charge in [0.15, 0.2) is 0 Å². The molecule has 0 aliphatic carbocycles. The zero-order chi connectivity index (χ0) is 3.58. The van der Waals surface area contributed by atoms with Crippen LogP contribution in [0, 0.1) is 0 Å². The molecule has 0 aliphatic heterocycles. The molecule has 0 spiro atoms. The van der Waals surface area contributed by atoms with Crippen molar-refractivity contribution in [3.05, 3.63) is 0 Å². The minimum atomic E-state index is -2.17. The van der Waals surface area contributed by atoms with Crippen LogP contribution in [-0.2, 0) is 21.7 Å². The van der Waals surface area contributed by atoms with Gasteiger partial charge in [0.2, 0.25) is 0 Å². The van der Waals surface area contributed by atoms with Crippen LogP contribution in [0.15, 0.2) is 0 Å². The summed E-state index contributed by atoms with van der Waals surface area (Å²) in [5.74, 6) is 0. The van der Waals surface area contributed by atoms with Crippen LogP contribution in [0.1, 0.15) is 0 Å². The van der Waals surface area contributed by atoms with Crippen LogP contribution in [0.3, 0.4) is 0 Å². The van der Waals surface area contributed by atoms with E-state index in [4.69, 9.17) is 15.1 Å². The quantitative estimate of drug-likeness (QED) is 0.315. The maximum atomic E-state index is 7.17. The molecule has 9 heteroatoms. The fourth-order valence-electron chi connectivity index (χ4n) is 0. The first-order valence-electron chi connectivity index (χ1n) is 0.775. The van der Waals surface area contributed by atoms with Gasteiger partial charge >= 0.3 is 7.32 Å². The summed E-state index contributed by atoms with van der Waals surface area (Å²) in [6.07, 6.45) is 0. The molecule has 0 aromatic carbocycles. The van der Waals surface area contributed by atoms with Crippen LogP contribution in [0.4, 0.5) is 0 Å². The molecule has 7 nitrogen and oxygen atoms in total. The molecule has 0 saturated heterocycles. The second kappa shape index (κ2) is 39.0. The minimum absolute atomic E-state index is 0. The summed E-state index contributed by atoms with van der Waals surface area (Å²) in [4.78, 5) is 0. The van der Waals surface area contributed by atoms with Gasteiger partial charge in [-0.1, -0.05) is 0 Å². The maximum Gasteiger partial charge on any atom is 0.631 e. The van der Waals surface area contributed by atoms with E-state index in [0.29, 0.717) is 0 Å². The van der Waals surface area contributed by atoms with Crippen molar-refractivity contribution in [2.45, 2.75) is 0 Å². The predicted octanol–water partition coefficient (Wildman–Crippen LogP) is -5.35. The third-order valence-corrected chi connectivity index (χ3v) is 0. The van der Waals surface area contributed by atoms with Crippen LogP contribution < -0.4 is 0 Å². The molecule has 0 heterocycles. The summed E-state index contributed by atoms with van der Waals surface area (Å²) >= 11 is 0. The monoisotopic (exact) mass is 182 g/mol. The number of rotatable bonds is 0. The molecule has 60 valence electrons. The topological polar surface area (TPSA) is 187 Å². The first-order valence-corrected chi connectivity index (χ1v) is 0.775. The fraction of sp³-hybridized carbons (Fsp3) is 0. The van der Waals surface area contributed by atoms with E-state index in [1.807, 2.05) is 0 Å². The van der Waals surface area contributed by atoms with E-state index in [1.165, 1.54) is 0 Å². The van der Waals surface area contributed by atoms with Crippen molar-refractivity contribution in [2.24, 2.45) is 0 Å². The van der Waals surface area contributed by atoms with Crippen LogP contribution in [-0.4, -0.2) is 44.3 Å². The number of hydrogen-bond donors (Lipinski definition) is 3. The Bertz CT molecular complexity index is 13.6. The normalized spacial score (nSPS) is 3.00. The van der Waals surface area contributed by atoms with Crippen LogP contribution in [0.25, 0.3) is 0 Å². The van der Waals surface area contributed by atoms with Crippen molar-refractivity contribution in [1.82, 2.24) is 0 Å². The third kappa shape index (κ3) is 1440. The molecule has 0 bridgehead atoms. The van der Waals surface area contributed by atoms with E-state index in [9.17, 15) is 0 Å². The van der Waals surface area contributed by atoms with E-state index < -0.39 is 7.32 Å². The van der Waals surface area contributed by atoms with Gasteiger partial charge in [0.25, 0.3) is 0 Å². The van der Waals surface area contributed by atoms with Gasteiger partial charge < -0.3 is 37.0 Å². The molecular formula is H11BO7Ti. The third-order valence-electron chi connectivity index (χ3n) is 0. The van der Waals surface area contributed by atoms with Crippen LogP contribution in [0.5, 0.6) is 0 Å². The van der Waals surface area contributed by atoms with Crippen LogP contribution >= 0.6 is 0 Å². The Labute approximate surface area is 66.6 Å². The van der Waals surface area contributed by atoms with Crippen molar-refractivity contribution in [3.63, 3.8) is 0 Å². The smallest absolute Gasteiger partial charge is 0.412 e. The average Bonchev–Trinajstić information content (AvgIpc) is 0.811. The van der Waals surface area contributed by atoms with Gasteiger partial charge in [0, 0.05) is 21.7 Å². The van der Waals surface area contributed by atoms with E-state index in [2.05, 4.69) is 0 Å². The first kappa shape index (κ1) is 56.0. The Morgan fingerprint density at radius 2 is 0.667 bits per heavy atom. The Hall–Kier alpha value is 0.499. The van der Waals surface area contributed by atoms with E-state index in [-0.39, 0.29) is 43.6 Å². The van der Waals surface area contributed by atoms with Crippen molar-refractivity contribution in [2.75, 3.05) is 0 Å². The van der Waals surface area contributed by atoms with Gasteiger partial charge in [0.05, 0.1) is 0 Å². The SMILES string of the molecule is O.O.O.O.OB(O)O.[Ti]. The Morgan fingerprint density at radius 3 is 0.667 bits per heavy atom. The zero-order valence-electron chi connectivity index (χ0n) is 4.42. The minimum Gasteiger partial charge on any atom is -0.412 e. The first-order chi connectivity index (χ1) is 1.73. The van der Waals surface area contributed by atoms with Crippen LogP contribution in [0.2, 0.25) is 0 Å². The van der Waals surface area contributed by atoms with Crippen molar-refractivity contribution in [3.8, 4) is 0 Å². The summed E-state index contributed by atoms with van der Waals surface area (Å²) in [6.45, 7) is 0. The molecule has 0 fully saturated rings. The summed E-state index contributed by atoms with van der Waals surface area (Å²) in [7, 11) is -2.17. The van der Waals surface area contributed by atoms with Gasteiger partial charge in [-0.15, -0.1) is 0 Å². The van der Waals surface area contributed by atoms with E-state index in [0.717, 1.165) is 0 Å². The average molecular weight is 182 g/mol. The molecule has 0 aliphatic rings. The molecular weight excluding hydrogens is 171 g/mol. The maximum absolute atomic E-state index is 7.17. The molecule has 0 atom stereocenters. The fourth-order valence-corrected chi connectivity index (χ4v) is 0. The molecule has 0 rings (SSSR count). The Morgan fingerprint density at radius 1 is 0.667 bits per heavy atom. The van der Waals surface area contributed by atoms with Crippen molar-refractivity contribution >= 4 is 7.32 Å². The van der Waals surface area contributed by atoms with Gasteiger partial charge in [0.1, 0.15) is 0 Å². The van der Waals surface area contributed by atoms with E-state index in [1.54, 1.807) is 0 Å².